The van der Waals surface area contributed by atoms with Gasteiger partial charge < -0.3 is 5.32 Å². The minimum Gasteiger partial charge on any atom is -0.314 e. The number of hydrogen-bond acceptors (Lipinski definition) is 4. The lowest BCUT2D eigenvalue weighted by atomic mass is 9.99. The first-order chi connectivity index (χ1) is 9.03. The van der Waals surface area contributed by atoms with Crippen molar-refractivity contribution in [3.05, 3.63) is 24.4 Å². The standard InChI is InChI=1S/C14H22N4O/c1-14(2,18-10-8-15-9-11-18)13(19)17(3)12-6-4-5-7-16-12/h4-7,15H,8-11H2,1-3H3. The molecule has 19 heavy (non-hydrogen) atoms. The Kier molecular flexibility index (Phi) is 4.17. The van der Waals surface area contributed by atoms with Crippen molar-refractivity contribution in [3.8, 4) is 0 Å². The van der Waals surface area contributed by atoms with Crippen LogP contribution in [0.1, 0.15) is 13.8 Å². The molecule has 2 heterocycles. The molecular formula is C14H22N4O. The van der Waals surface area contributed by atoms with Crippen LogP contribution in [0.2, 0.25) is 0 Å². The van der Waals surface area contributed by atoms with Gasteiger partial charge in [-0.3, -0.25) is 14.6 Å². The molecule has 0 aliphatic carbocycles. The third kappa shape index (κ3) is 2.93. The number of likely N-dealkylation sites (N-methyl/N-ethyl adjacent to an activating group) is 1. The molecule has 1 amide bonds. The van der Waals surface area contributed by atoms with E-state index < -0.39 is 5.54 Å². The first-order valence-electron chi connectivity index (χ1n) is 6.68. The van der Waals surface area contributed by atoms with Gasteiger partial charge in [0.25, 0.3) is 0 Å². The summed E-state index contributed by atoms with van der Waals surface area (Å²) in [5.74, 6) is 0.767. The van der Waals surface area contributed by atoms with Crippen molar-refractivity contribution in [2.45, 2.75) is 19.4 Å². The Morgan fingerprint density at radius 2 is 2.05 bits per heavy atom. The first-order valence-corrected chi connectivity index (χ1v) is 6.68. The number of piperazine rings is 1. The second-order valence-corrected chi connectivity index (χ2v) is 5.35. The molecule has 0 radical (unpaired) electrons. The lowest BCUT2D eigenvalue weighted by Gasteiger charge is -2.41. The van der Waals surface area contributed by atoms with E-state index in [2.05, 4.69) is 15.2 Å². The Morgan fingerprint density at radius 3 is 2.63 bits per heavy atom. The summed E-state index contributed by atoms with van der Waals surface area (Å²) in [6.07, 6.45) is 1.71. The van der Waals surface area contributed by atoms with Crippen molar-refractivity contribution < 1.29 is 4.79 Å². The van der Waals surface area contributed by atoms with E-state index in [0.717, 1.165) is 26.2 Å². The number of hydrogen-bond donors (Lipinski definition) is 1. The molecule has 104 valence electrons. The number of carbonyl (C=O) groups excluding carboxylic acids is 1. The summed E-state index contributed by atoms with van der Waals surface area (Å²) in [6.45, 7) is 7.64. The van der Waals surface area contributed by atoms with Crippen LogP contribution >= 0.6 is 0 Å². The smallest absolute Gasteiger partial charge is 0.247 e. The molecule has 0 atom stereocenters. The zero-order valence-corrected chi connectivity index (χ0v) is 11.9. The summed E-state index contributed by atoms with van der Waals surface area (Å²) in [7, 11) is 1.79. The molecule has 5 nitrogen and oxygen atoms in total. The Morgan fingerprint density at radius 1 is 1.37 bits per heavy atom. The Labute approximate surface area is 114 Å². The third-order valence-corrected chi connectivity index (χ3v) is 3.73. The average molecular weight is 262 g/mol. The number of nitrogens with zero attached hydrogens (tertiary/aromatic N) is 3. The SMILES string of the molecule is CN(C(=O)C(C)(C)N1CCNCC1)c1ccccn1. The van der Waals surface area contributed by atoms with Crippen LogP contribution in [0.25, 0.3) is 0 Å². The molecule has 1 N–H and O–H groups in total. The summed E-state index contributed by atoms with van der Waals surface area (Å²) < 4.78 is 0. The Bertz CT molecular complexity index is 426. The quantitative estimate of drug-likeness (QED) is 0.872. The molecule has 0 spiro atoms. The predicted octanol–water partition coefficient (Wildman–Crippen LogP) is 0.728. The number of anilines is 1. The minimum atomic E-state index is -0.506. The third-order valence-electron chi connectivity index (χ3n) is 3.73. The summed E-state index contributed by atoms with van der Waals surface area (Å²) in [4.78, 5) is 20.8. The van der Waals surface area contributed by atoms with E-state index in [1.165, 1.54) is 0 Å². The average Bonchev–Trinajstić information content (AvgIpc) is 2.47. The van der Waals surface area contributed by atoms with Gasteiger partial charge >= 0.3 is 0 Å². The van der Waals surface area contributed by atoms with Crippen LogP contribution in [0.4, 0.5) is 5.82 Å². The van der Waals surface area contributed by atoms with Gasteiger partial charge in [-0.1, -0.05) is 6.07 Å². The van der Waals surface area contributed by atoms with E-state index in [1.807, 2.05) is 32.0 Å². The lowest BCUT2D eigenvalue weighted by molar-refractivity contribution is -0.129. The van der Waals surface area contributed by atoms with Crippen LogP contribution in [0.5, 0.6) is 0 Å². The fraction of sp³-hybridized carbons (Fsp3) is 0.571. The number of aromatic nitrogens is 1. The van der Waals surface area contributed by atoms with Gasteiger partial charge in [-0.2, -0.15) is 0 Å². The number of carbonyl (C=O) groups is 1. The maximum atomic E-state index is 12.7. The predicted molar refractivity (Wildman–Crippen MR) is 76.2 cm³/mol. The number of amides is 1. The molecule has 1 aromatic heterocycles. The van der Waals surface area contributed by atoms with E-state index in [1.54, 1.807) is 18.1 Å². The van der Waals surface area contributed by atoms with E-state index in [9.17, 15) is 4.79 Å². The van der Waals surface area contributed by atoms with Gasteiger partial charge in [-0.05, 0) is 26.0 Å². The largest absolute Gasteiger partial charge is 0.314 e. The van der Waals surface area contributed by atoms with Crippen molar-refractivity contribution in [1.29, 1.82) is 0 Å². The summed E-state index contributed by atoms with van der Waals surface area (Å²) in [6, 6.07) is 5.60. The molecule has 1 fully saturated rings. The van der Waals surface area contributed by atoms with Crippen molar-refractivity contribution >= 4 is 11.7 Å². The molecule has 1 aromatic rings. The molecule has 0 unspecified atom stereocenters. The van der Waals surface area contributed by atoms with Gasteiger partial charge in [0.05, 0.1) is 5.54 Å². The normalized spacial score (nSPS) is 17.2. The molecule has 2 rings (SSSR count). The van der Waals surface area contributed by atoms with Gasteiger partial charge in [0.2, 0.25) is 5.91 Å². The van der Waals surface area contributed by atoms with Crippen molar-refractivity contribution in [1.82, 2.24) is 15.2 Å². The van der Waals surface area contributed by atoms with Crippen LogP contribution < -0.4 is 10.2 Å². The Balaban J connectivity index is 2.13. The Hall–Kier alpha value is -1.46. The summed E-state index contributed by atoms with van der Waals surface area (Å²) in [5, 5.41) is 3.31. The topological polar surface area (TPSA) is 48.5 Å². The molecule has 1 saturated heterocycles. The van der Waals surface area contributed by atoms with Crippen LogP contribution in [0.15, 0.2) is 24.4 Å². The summed E-state index contributed by atoms with van der Waals surface area (Å²) in [5.41, 5.74) is -0.506. The number of nitrogens with one attached hydrogen (secondary N) is 1. The van der Waals surface area contributed by atoms with Crippen LogP contribution in [-0.4, -0.2) is 54.6 Å². The van der Waals surface area contributed by atoms with Crippen molar-refractivity contribution in [2.24, 2.45) is 0 Å². The van der Waals surface area contributed by atoms with Crippen LogP contribution in [0.3, 0.4) is 0 Å². The maximum Gasteiger partial charge on any atom is 0.247 e. The second kappa shape index (κ2) is 5.67. The van der Waals surface area contributed by atoms with E-state index in [4.69, 9.17) is 0 Å². The maximum absolute atomic E-state index is 12.7. The van der Waals surface area contributed by atoms with Gasteiger partial charge in [-0.15, -0.1) is 0 Å². The first kappa shape index (κ1) is 14.0. The van der Waals surface area contributed by atoms with Crippen molar-refractivity contribution in [3.63, 3.8) is 0 Å². The van der Waals surface area contributed by atoms with Gasteiger partial charge in [-0.25, -0.2) is 4.98 Å². The van der Waals surface area contributed by atoms with Crippen LogP contribution in [-0.2, 0) is 4.79 Å². The second-order valence-electron chi connectivity index (χ2n) is 5.35. The molecule has 1 aliphatic rings. The zero-order valence-electron chi connectivity index (χ0n) is 11.9. The monoisotopic (exact) mass is 262 g/mol. The van der Waals surface area contributed by atoms with E-state index >= 15 is 0 Å². The van der Waals surface area contributed by atoms with E-state index in [-0.39, 0.29) is 5.91 Å². The van der Waals surface area contributed by atoms with Crippen molar-refractivity contribution in [2.75, 3.05) is 38.1 Å². The number of pyridine rings is 1. The van der Waals surface area contributed by atoms with Gasteiger partial charge in [0, 0.05) is 39.4 Å². The minimum absolute atomic E-state index is 0.0769. The molecular weight excluding hydrogens is 240 g/mol. The van der Waals surface area contributed by atoms with E-state index in [0.29, 0.717) is 5.82 Å². The van der Waals surface area contributed by atoms with Gasteiger partial charge in [0.15, 0.2) is 0 Å². The molecule has 0 saturated carbocycles. The highest BCUT2D eigenvalue weighted by Crippen LogP contribution is 2.20. The zero-order chi connectivity index (χ0) is 13.9. The summed E-state index contributed by atoms with van der Waals surface area (Å²) >= 11 is 0. The molecule has 0 bridgehead atoms. The fourth-order valence-corrected chi connectivity index (χ4v) is 2.43. The highest BCUT2D eigenvalue weighted by molar-refractivity contribution is 5.98. The highest BCUT2D eigenvalue weighted by atomic mass is 16.2. The molecule has 1 aliphatic heterocycles. The fourth-order valence-electron chi connectivity index (χ4n) is 2.43. The molecule has 5 heteroatoms. The lowest BCUT2D eigenvalue weighted by Crippen LogP contribution is -2.60. The van der Waals surface area contributed by atoms with Gasteiger partial charge in [0.1, 0.15) is 5.82 Å². The molecule has 0 aromatic carbocycles. The number of rotatable bonds is 3. The van der Waals surface area contributed by atoms with Crippen LogP contribution in [0, 0.1) is 0 Å². The highest BCUT2D eigenvalue weighted by Gasteiger charge is 2.37.